The van der Waals surface area contributed by atoms with E-state index in [1.807, 2.05) is 0 Å². The summed E-state index contributed by atoms with van der Waals surface area (Å²) in [6, 6.07) is 10.5. The third kappa shape index (κ3) is 3.14. The first kappa shape index (κ1) is 13.2. The van der Waals surface area contributed by atoms with Crippen LogP contribution in [-0.4, -0.2) is 11.0 Å². The number of benzene rings is 2. The third-order valence-corrected chi connectivity index (χ3v) is 2.57. The van der Waals surface area contributed by atoms with Gasteiger partial charge in [0.25, 0.3) is 5.91 Å². The van der Waals surface area contributed by atoms with Crippen LogP contribution in [0.3, 0.4) is 0 Å². The maximum Gasteiger partial charge on any atom is 0.257 e. The number of anilines is 1. The molecule has 2 aromatic carbocycles. The Morgan fingerprint density at radius 1 is 1.05 bits per heavy atom. The molecular weight excluding hydrogens is 252 g/mol. The van der Waals surface area contributed by atoms with Crippen LogP contribution in [0.4, 0.5) is 14.5 Å². The van der Waals surface area contributed by atoms with Crippen molar-refractivity contribution in [3.8, 4) is 0 Å². The van der Waals surface area contributed by atoms with Crippen LogP contribution in [-0.2, 0) is 4.79 Å². The molecule has 1 atom stereocenters. The topological polar surface area (TPSA) is 49.3 Å². The summed E-state index contributed by atoms with van der Waals surface area (Å²) >= 11 is 0. The van der Waals surface area contributed by atoms with E-state index in [0.717, 1.165) is 12.1 Å². The summed E-state index contributed by atoms with van der Waals surface area (Å²) in [5, 5.41) is 12.0. The van der Waals surface area contributed by atoms with Gasteiger partial charge in [0.05, 0.1) is 5.69 Å². The number of aliphatic hydroxyl groups excluding tert-OH is 1. The molecule has 2 aromatic rings. The molecule has 0 aliphatic rings. The standard InChI is InChI=1S/C14H11F2NO2/c15-10-7-5-9(6-8-10)13(18)14(19)17-12-4-2-1-3-11(12)16/h1-8,13,18H,(H,17,19). The van der Waals surface area contributed by atoms with Gasteiger partial charge < -0.3 is 10.4 Å². The molecule has 0 spiro atoms. The average molecular weight is 263 g/mol. The molecule has 0 aromatic heterocycles. The monoisotopic (exact) mass is 263 g/mol. The minimum Gasteiger partial charge on any atom is -0.378 e. The third-order valence-electron chi connectivity index (χ3n) is 2.57. The molecule has 0 aliphatic carbocycles. The van der Waals surface area contributed by atoms with E-state index in [4.69, 9.17) is 0 Å². The largest absolute Gasteiger partial charge is 0.378 e. The van der Waals surface area contributed by atoms with Crippen LogP contribution < -0.4 is 5.32 Å². The van der Waals surface area contributed by atoms with Crippen molar-refractivity contribution in [2.24, 2.45) is 0 Å². The fraction of sp³-hybridized carbons (Fsp3) is 0.0714. The van der Waals surface area contributed by atoms with Crippen molar-refractivity contribution in [2.45, 2.75) is 6.10 Å². The Morgan fingerprint density at radius 3 is 2.32 bits per heavy atom. The Kier molecular flexibility index (Phi) is 3.87. The fourth-order valence-electron chi connectivity index (χ4n) is 1.56. The summed E-state index contributed by atoms with van der Waals surface area (Å²) in [6.45, 7) is 0. The lowest BCUT2D eigenvalue weighted by molar-refractivity contribution is -0.124. The van der Waals surface area contributed by atoms with Gasteiger partial charge in [-0.2, -0.15) is 0 Å². The van der Waals surface area contributed by atoms with E-state index in [1.54, 1.807) is 6.07 Å². The number of carbonyl (C=O) groups is 1. The van der Waals surface area contributed by atoms with Crippen LogP contribution in [0.2, 0.25) is 0 Å². The lowest BCUT2D eigenvalue weighted by Gasteiger charge is -2.12. The second kappa shape index (κ2) is 5.58. The first-order valence-electron chi connectivity index (χ1n) is 5.57. The Bertz CT molecular complexity index is 584. The molecule has 2 N–H and O–H groups in total. The maximum absolute atomic E-state index is 13.3. The number of amides is 1. The molecule has 1 amide bonds. The van der Waals surface area contributed by atoms with Crippen molar-refractivity contribution < 1.29 is 18.7 Å². The second-order valence-corrected chi connectivity index (χ2v) is 3.92. The molecule has 19 heavy (non-hydrogen) atoms. The Morgan fingerprint density at radius 2 is 1.68 bits per heavy atom. The Hall–Kier alpha value is -2.27. The molecule has 0 saturated heterocycles. The summed E-state index contributed by atoms with van der Waals surface area (Å²) in [5.74, 6) is -1.84. The van der Waals surface area contributed by atoms with E-state index in [9.17, 15) is 18.7 Å². The molecular formula is C14H11F2NO2. The first-order valence-corrected chi connectivity index (χ1v) is 5.57. The van der Waals surface area contributed by atoms with Gasteiger partial charge in [0.1, 0.15) is 11.6 Å². The first-order chi connectivity index (χ1) is 9.08. The van der Waals surface area contributed by atoms with Gasteiger partial charge in [0, 0.05) is 0 Å². The van der Waals surface area contributed by atoms with Gasteiger partial charge in [-0.1, -0.05) is 24.3 Å². The van der Waals surface area contributed by atoms with Gasteiger partial charge in [-0.15, -0.1) is 0 Å². The van der Waals surface area contributed by atoms with E-state index >= 15 is 0 Å². The van der Waals surface area contributed by atoms with E-state index in [1.165, 1.54) is 30.3 Å². The minimum atomic E-state index is -1.49. The van der Waals surface area contributed by atoms with Crippen LogP contribution in [0.15, 0.2) is 48.5 Å². The zero-order valence-electron chi connectivity index (χ0n) is 9.81. The quantitative estimate of drug-likeness (QED) is 0.894. The lowest BCUT2D eigenvalue weighted by atomic mass is 10.1. The van der Waals surface area contributed by atoms with Gasteiger partial charge in [-0.05, 0) is 29.8 Å². The molecule has 0 radical (unpaired) electrons. The summed E-state index contributed by atoms with van der Waals surface area (Å²) in [5.41, 5.74) is 0.212. The van der Waals surface area contributed by atoms with Crippen molar-refractivity contribution in [1.29, 1.82) is 0 Å². The number of rotatable bonds is 3. The molecule has 0 saturated carbocycles. The van der Waals surface area contributed by atoms with Crippen LogP contribution in [0.1, 0.15) is 11.7 Å². The summed E-state index contributed by atoms with van der Waals surface area (Å²) in [4.78, 5) is 11.7. The predicted molar refractivity (Wildman–Crippen MR) is 66.4 cm³/mol. The smallest absolute Gasteiger partial charge is 0.257 e. The number of para-hydroxylation sites is 1. The van der Waals surface area contributed by atoms with E-state index < -0.39 is 23.6 Å². The maximum atomic E-state index is 13.3. The highest BCUT2D eigenvalue weighted by Crippen LogP contribution is 2.18. The zero-order chi connectivity index (χ0) is 13.8. The number of hydrogen-bond acceptors (Lipinski definition) is 2. The average Bonchev–Trinajstić information content (AvgIpc) is 2.41. The van der Waals surface area contributed by atoms with Crippen LogP contribution in [0.5, 0.6) is 0 Å². The molecule has 3 nitrogen and oxygen atoms in total. The van der Waals surface area contributed by atoms with Crippen molar-refractivity contribution in [3.63, 3.8) is 0 Å². The van der Waals surface area contributed by atoms with Gasteiger partial charge >= 0.3 is 0 Å². The van der Waals surface area contributed by atoms with Crippen molar-refractivity contribution in [2.75, 3.05) is 5.32 Å². The van der Waals surface area contributed by atoms with Gasteiger partial charge in [0.2, 0.25) is 0 Å². The molecule has 0 bridgehead atoms. The highest BCUT2D eigenvalue weighted by Gasteiger charge is 2.18. The molecule has 0 aliphatic heterocycles. The van der Waals surface area contributed by atoms with Crippen LogP contribution in [0.25, 0.3) is 0 Å². The van der Waals surface area contributed by atoms with Crippen LogP contribution in [0, 0.1) is 11.6 Å². The van der Waals surface area contributed by atoms with E-state index in [0.29, 0.717) is 0 Å². The highest BCUT2D eigenvalue weighted by molar-refractivity contribution is 5.94. The SMILES string of the molecule is O=C(Nc1ccccc1F)C(O)c1ccc(F)cc1. The summed E-state index contributed by atoms with van der Waals surface area (Å²) < 4.78 is 26.0. The Labute approximate surface area is 108 Å². The number of nitrogens with one attached hydrogen (secondary N) is 1. The minimum absolute atomic E-state index is 0.0198. The normalized spacial score (nSPS) is 11.9. The predicted octanol–water partition coefficient (Wildman–Crippen LogP) is 2.64. The van der Waals surface area contributed by atoms with Crippen molar-refractivity contribution in [3.05, 3.63) is 65.7 Å². The van der Waals surface area contributed by atoms with Gasteiger partial charge in [0.15, 0.2) is 6.10 Å². The number of halogens is 2. The molecule has 0 fully saturated rings. The summed E-state index contributed by atoms with van der Waals surface area (Å²) in [7, 11) is 0. The molecule has 5 heteroatoms. The lowest BCUT2D eigenvalue weighted by Crippen LogP contribution is -2.21. The zero-order valence-corrected chi connectivity index (χ0v) is 9.81. The Balaban J connectivity index is 2.12. The molecule has 1 unspecified atom stereocenters. The molecule has 2 rings (SSSR count). The van der Waals surface area contributed by atoms with Crippen molar-refractivity contribution >= 4 is 11.6 Å². The van der Waals surface area contributed by atoms with Crippen LogP contribution >= 0.6 is 0 Å². The van der Waals surface area contributed by atoms with Gasteiger partial charge in [-0.3, -0.25) is 4.79 Å². The van der Waals surface area contributed by atoms with E-state index in [2.05, 4.69) is 5.32 Å². The van der Waals surface area contributed by atoms with Crippen molar-refractivity contribution in [1.82, 2.24) is 0 Å². The summed E-state index contributed by atoms with van der Waals surface area (Å²) in [6.07, 6.45) is -1.49. The van der Waals surface area contributed by atoms with E-state index in [-0.39, 0.29) is 11.3 Å². The number of aliphatic hydroxyl groups is 1. The highest BCUT2D eigenvalue weighted by atomic mass is 19.1. The molecule has 0 heterocycles. The number of hydrogen-bond donors (Lipinski definition) is 2. The fourth-order valence-corrected chi connectivity index (χ4v) is 1.56. The number of carbonyl (C=O) groups excluding carboxylic acids is 1. The molecule has 98 valence electrons. The van der Waals surface area contributed by atoms with Gasteiger partial charge in [-0.25, -0.2) is 8.78 Å². The second-order valence-electron chi connectivity index (χ2n) is 3.92.